The van der Waals surface area contributed by atoms with Gasteiger partial charge < -0.3 is 5.21 Å². The number of hydrogen-bond donors (Lipinski definition) is 0. The molecule has 126 valence electrons. The number of benzene rings is 3. The van der Waals surface area contributed by atoms with E-state index in [1.165, 1.54) is 0 Å². The Labute approximate surface area is 151 Å². The Morgan fingerprint density at radius 2 is 1.46 bits per heavy atom. The van der Waals surface area contributed by atoms with Crippen LogP contribution in [0.1, 0.15) is 5.56 Å². The molecule has 0 amide bonds. The fourth-order valence-electron chi connectivity index (χ4n) is 2.78. The average Bonchev–Trinajstić information content (AvgIpc) is 3.19. The summed E-state index contributed by atoms with van der Waals surface area (Å²) in [6, 6.07) is 26.7. The lowest BCUT2D eigenvalue weighted by atomic mass is 10.1. The molecule has 0 aliphatic rings. The van der Waals surface area contributed by atoms with Crippen molar-refractivity contribution in [3.05, 3.63) is 102 Å². The van der Waals surface area contributed by atoms with Crippen LogP contribution >= 0.6 is 0 Å². The monoisotopic (exact) mass is 340 g/mol. The topological polar surface area (TPSA) is 56.8 Å². The molecule has 0 saturated carbocycles. The summed E-state index contributed by atoms with van der Waals surface area (Å²) in [7, 11) is 0. The normalized spacial score (nSPS) is 11.5. The minimum Gasteiger partial charge on any atom is -0.618 e. The zero-order valence-electron chi connectivity index (χ0n) is 13.9. The Kier molecular flexibility index (Phi) is 4.26. The van der Waals surface area contributed by atoms with Crippen LogP contribution < -0.4 is 0 Å². The highest BCUT2D eigenvalue weighted by atomic mass is 16.5. The summed E-state index contributed by atoms with van der Waals surface area (Å²) in [6.07, 6.45) is 3.28. The molecular formula is C21H16N4O. The van der Waals surface area contributed by atoms with Gasteiger partial charge in [0.15, 0.2) is 6.21 Å². The summed E-state index contributed by atoms with van der Waals surface area (Å²) in [5.74, 6) is 0. The second-order valence-electron chi connectivity index (χ2n) is 5.75. The maximum Gasteiger partial charge on any atom is 0.216 e. The third-order valence-corrected chi connectivity index (χ3v) is 4.05. The molecule has 0 aliphatic carbocycles. The second-order valence-corrected chi connectivity index (χ2v) is 5.75. The number of hydrogen-bond acceptors (Lipinski definition) is 3. The first-order chi connectivity index (χ1) is 12.8. The van der Waals surface area contributed by atoms with Crippen molar-refractivity contribution in [2.45, 2.75) is 0 Å². The minimum atomic E-state index is 0.573. The van der Waals surface area contributed by atoms with Gasteiger partial charge in [-0.2, -0.15) is 4.74 Å². The van der Waals surface area contributed by atoms with Crippen molar-refractivity contribution >= 4 is 11.9 Å². The van der Waals surface area contributed by atoms with Crippen molar-refractivity contribution in [2.24, 2.45) is 0 Å². The van der Waals surface area contributed by atoms with Crippen LogP contribution in [0.15, 0.2) is 91.1 Å². The quantitative estimate of drug-likeness (QED) is 0.242. The molecule has 1 heterocycles. The van der Waals surface area contributed by atoms with E-state index in [2.05, 4.69) is 10.3 Å². The van der Waals surface area contributed by atoms with E-state index in [0.29, 0.717) is 5.69 Å². The fourth-order valence-corrected chi connectivity index (χ4v) is 2.78. The first-order valence-corrected chi connectivity index (χ1v) is 8.25. The molecule has 0 spiro atoms. The average molecular weight is 340 g/mol. The van der Waals surface area contributed by atoms with Gasteiger partial charge in [-0.15, -0.1) is 5.10 Å². The Morgan fingerprint density at radius 3 is 2.23 bits per heavy atom. The lowest BCUT2D eigenvalue weighted by Gasteiger charge is -2.09. The van der Waals surface area contributed by atoms with Crippen molar-refractivity contribution in [2.75, 3.05) is 0 Å². The van der Waals surface area contributed by atoms with Crippen molar-refractivity contribution in [1.82, 2.24) is 15.0 Å². The lowest BCUT2D eigenvalue weighted by molar-refractivity contribution is -0.354. The smallest absolute Gasteiger partial charge is 0.216 e. The molecule has 0 fully saturated rings. The van der Waals surface area contributed by atoms with E-state index in [4.69, 9.17) is 0 Å². The summed E-state index contributed by atoms with van der Waals surface area (Å²) in [4.78, 5) is 0. The van der Waals surface area contributed by atoms with Gasteiger partial charge in [0.05, 0.1) is 23.1 Å². The predicted molar refractivity (Wildman–Crippen MR) is 102 cm³/mol. The van der Waals surface area contributed by atoms with Crippen molar-refractivity contribution in [3.63, 3.8) is 0 Å². The SMILES string of the molecule is [O-][N+](=Cc1ccccc1-n1nncc1-c1ccccc1)c1ccccc1. The van der Waals surface area contributed by atoms with Crippen LogP contribution in [-0.4, -0.2) is 25.9 Å². The number of rotatable bonds is 4. The molecule has 4 rings (SSSR count). The predicted octanol–water partition coefficient (Wildman–Crippen LogP) is 4.20. The van der Waals surface area contributed by atoms with E-state index in [-0.39, 0.29) is 0 Å². The molecule has 0 radical (unpaired) electrons. The highest BCUT2D eigenvalue weighted by molar-refractivity contribution is 5.83. The van der Waals surface area contributed by atoms with Crippen LogP contribution in [0.3, 0.4) is 0 Å². The maximum atomic E-state index is 12.5. The standard InChI is InChI=1S/C21H16N4O/c26-24(19-12-5-2-6-13-19)16-18-11-7-8-14-20(18)25-21(15-22-23-25)17-9-3-1-4-10-17/h1-16H. The van der Waals surface area contributed by atoms with E-state index in [9.17, 15) is 5.21 Å². The molecule has 0 bridgehead atoms. The van der Waals surface area contributed by atoms with Gasteiger partial charge in [0.2, 0.25) is 5.69 Å². The van der Waals surface area contributed by atoms with Gasteiger partial charge in [0.1, 0.15) is 0 Å². The summed E-state index contributed by atoms with van der Waals surface area (Å²) in [6.45, 7) is 0. The fraction of sp³-hybridized carbons (Fsp3) is 0. The summed E-state index contributed by atoms with van der Waals surface area (Å²) in [5.41, 5.74) is 4.00. The first kappa shape index (κ1) is 15.8. The largest absolute Gasteiger partial charge is 0.618 e. The minimum absolute atomic E-state index is 0.573. The summed E-state index contributed by atoms with van der Waals surface area (Å²) < 4.78 is 2.61. The van der Waals surface area contributed by atoms with Crippen LogP contribution in [0.25, 0.3) is 16.9 Å². The molecule has 5 nitrogen and oxygen atoms in total. The van der Waals surface area contributed by atoms with E-state index < -0.39 is 0 Å². The molecule has 26 heavy (non-hydrogen) atoms. The van der Waals surface area contributed by atoms with Crippen molar-refractivity contribution in [1.29, 1.82) is 0 Å². The number of nitrogens with zero attached hydrogens (tertiary/aromatic N) is 4. The molecule has 3 aromatic carbocycles. The third-order valence-electron chi connectivity index (χ3n) is 4.05. The second kappa shape index (κ2) is 7.03. The number of para-hydroxylation sites is 2. The molecule has 1 aromatic heterocycles. The van der Waals surface area contributed by atoms with Gasteiger partial charge in [-0.25, -0.2) is 4.68 Å². The highest BCUT2D eigenvalue weighted by Crippen LogP contribution is 2.23. The zero-order chi connectivity index (χ0) is 17.8. The van der Waals surface area contributed by atoms with E-state index in [1.54, 1.807) is 29.2 Å². The molecule has 0 aliphatic heterocycles. The van der Waals surface area contributed by atoms with Crippen LogP contribution in [0.4, 0.5) is 5.69 Å². The maximum absolute atomic E-state index is 12.5. The summed E-state index contributed by atoms with van der Waals surface area (Å²) >= 11 is 0. The molecule has 0 unspecified atom stereocenters. The van der Waals surface area contributed by atoms with Gasteiger partial charge in [-0.05, 0) is 12.1 Å². The molecule has 0 atom stereocenters. The Bertz CT molecular complexity index is 1040. The highest BCUT2D eigenvalue weighted by Gasteiger charge is 2.13. The van der Waals surface area contributed by atoms with Gasteiger partial charge in [-0.1, -0.05) is 65.9 Å². The molecular weight excluding hydrogens is 324 g/mol. The van der Waals surface area contributed by atoms with Gasteiger partial charge in [0.25, 0.3) is 0 Å². The number of aromatic nitrogens is 3. The Hall–Kier alpha value is -3.73. The van der Waals surface area contributed by atoms with Gasteiger partial charge in [-0.3, -0.25) is 0 Å². The van der Waals surface area contributed by atoms with Crippen LogP contribution in [0.2, 0.25) is 0 Å². The van der Waals surface area contributed by atoms with E-state index in [0.717, 1.165) is 27.2 Å². The van der Waals surface area contributed by atoms with Gasteiger partial charge in [0, 0.05) is 17.7 Å². The van der Waals surface area contributed by atoms with Gasteiger partial charge >= 0.3 is 0 Å². The molecule has 4 aromatic rings. The van der Waals surface area contributed by atoms with Crippen molar-refractivity contribution in [3.8, 4) is 16.9 Å². The Morgan fingerprint density at radius 1 is 0.808 bits per heavy atom. The Balaban J connectivity index is 1.80. The first-order valence-electron chi connectivity index (χ1n) is 8.25. The zero-order valence-corrected chi connectivity index (χ0v) is 13.9. The lowest BCUT2D eigenvalue weighted by Crippen LogP contribution is -2.06. The third kappa shape index (κ3) is 3.10. The van der Waals surface area contributed by atoms with Crippen LogP contribution in [0.5, 0.6) is 0 Å². The van der Waals surface area contributed by atoms with Crippen LogP contribution in [0, 0.1) is 5.21 Å². The molecule has 5 heteroatoms. The van der Waals surface area contributed by atoms with E-state index in [1.807, 2.05) is 72.8 Å². The van der Waals surface area contributed by atoms with Crippen LogP contribution in [-0.2, 0) is 0 Å². The van der Waals surface area contributed by atoms with Crippen molar-refractivity contribution < 1.29 is 4.74 Å². The van der Waals surface area contributed by atoms with E-state index >= 15 is 0 Å². The summed E-state index contributed by atoms with van der Waals surface area (Å²) in [5, 5.41) is 20.8. The molecule has 0 N–H and O–H groups in total. The molecule has 0 saturated heterocycles.